The summed E-state index contributed by atoms with van der Waals surface area (Å²) in [6, 6.07) is 10.6. The van der Waals surface area contributed by atoms with E-state index in [1.807, 2.05) is 38.1 Å². The van der Waals surface area contributed by atoms with E-state index in [4.69, 9.17) is 4.74 Å². The van der Waals surface area contributed by atoms with Crippen molar-refractivity contribution in [3.05, 3.63) is 58.0 Å². The van der Waals surface area contributed by atoms with Crippen LogP contribution in [0.15, 0.2) is 41.2 Å². The highest BCUT2D eigenvalue weighted by molar-refractivity contribution is 5.91. The van der Waals surface area contributed by atoms with E-state index in [0.717, 1.165) is 17.7 Å². The number of rotatable bonds is 7. The molecule has 0 atom stereocenters. The van der Waals surface area contributed by atoms with Crippen LogP contribution in [0.4, 0.5) is 0 Å². The van der Waals surface area contributed by atoms with Crippen molar-refractivity contribution in [3.8, 4) is 5.75 Å². The van der Waals surface area contributed by atoms with E-state index in [1.54, 1.807) is 11.9 Å². The number of likely N-dealkylation sites (N-methyl/N-ethyl adjacent to an activating group) is 1. The number of aromatic nitrogens is 2. The average Bonchev–Trinajstić information content (AvgIpc) is 2.56. The van der Waals surface area contributed by atoms with Gasteiger partial charge in [-0.2, -0.15) is 5.10 Å². The number of benzene rings is 1. The topological polar surface area (TPSA) is 64.4 Å². The first-order chi connectivity index (χ1) is 11.5. The molecule has 0 unspecified atom stereocenters. The summed E-state index contributed by atoms with van der Waals surface area (Å²) >= 11 is 0. The van der Waals surface area contributed by atoms with E-state index in [1.165, 1.54) is 16.8 Å². The lowest BCUT2D eigenvalue weighted by atomic mass is 10.2. The van der Waals surface area contributed by atoms with Gasteiger partial charge in [-0.1, -0.05) is 19.1 Å². The van der Waals surface area contributed by atoms with Crippen LogP contribution in [-0.4, -0.2) is 40.8 Å². The molecule has 24 heavy (non-hydrogen) atoms. The van der Waals surface area contributed by atoms with Crippen molar-refractivity contribution in [2.24, 2.45) is 0 Å². The Kier molecular flexibility index (Phi) is 6.12. The number of hydrogen-bond acceptors (Lipinski definition) is 4. The highest BCUT2D eigenvalue weighted by Gasteiger charge is 2.14. The maximum Gasteiger partial charge on any atom is 0.274 e. The van der Waals surface area contributed by atoms with Gasteiger partial charge < -0.3 is 9.64 Å². The zero-order chi connectivity index (χ0) is 17.5. The zero-order valence-electron chi connectivity index (χ0n) is 14.4. The molecule has 0 saturated heterocycles. The molecule has 0 fully saturated rings. The Morgan fingerprint density at radius 2 is 2.08 bits per heavy atom. The van der Waals surface area contributed by atoms with Gasteiger partial charge in [-0.3, -0.25) is 9.59 Å². The largest absolute Gasteiger partial charge is 0.492 e. The van der Waals surface area contributed by atoms with Crippen LogP contribution in [0.1, 0.15) is 29.4 Å². The Morgan fingerprint density at radius 1 is 1.29 bits per heavy atom. The first-order valence-electron chi connectivity index (χ1n) is 8.04. The van der Waals surface area contributed by atoms with Crippen molar-refractivity contribution in [1.29, 1.82) is 0 Å². The summed E-state index contributed by atoms with van der Waals surface area (Å²) in [4.78, 5) is 25.6. The van der Waals surface area contributed by atoms with E-state index in [9.17, 15) is 9.59 Å². The fourth-order valence-corrected chi connectivity index (χ4v) is 2.24. The molecule has 128 valence electrons. The molecule has 6 heteroatoms. The maximum absolute atomic E-state index is 12.4. The number of hydrogen-bond donors (Lipinski definition) is 0. The van der Waals surface area contributed by atoms with Crippen molar-refractivity contribution in [2.75, 3.05) is 20.2 Å². The van der Waals surface area contributed by atoms with Crippen molar-refractivity contribution in [1.82, 2.24) is 14.7 Å². The molecule has 1 aromatic heterocycles. The van der Waals surface area contributed by atoms with Crippen LogP contribution < -0.4 is 10.3 Å². The lowest BCUT2D eigenvalue weighted by Gasteiger charge is -2.17. The van der Waals surface area contributed by atoms with Gasteiger partial charge in [0.05, 0.1) is 6.54 Å². The second kappa shape index (κ2) is 8.29. The minimum atomic E-state index is -0.229. The molecule has 1 heterocycles. The van der Waals surface area contributed by atoms with Gasteiger partial charge in [0, 0.05) is 19.7 Å². The van der Waals surface area contributed by atoms with Crippen molar-refractivity contribution in [3.63, 3.8) is 0 Å². The fraction of sp³-hybridized carbons (Fsp3) is 0.389. The van der Waals surface area contributed by atoms with Crippen LogP contribution >= 0.6 is 0 Å². The van der Waals surface area contributed by atoms with Crippen LogP contribution in [0.5, 0.6) is 5.75 Å². The Balaban J connectivity index is 1.94. The predicted molar refractivity (Wildman–Crippen MR) is 92.4 cm³/mol. The van der Waals surface area contributed by atoms with Crippen LogP contribution in [-0.2, 0) is 6.54 Å². The molecule has 0 aliphatic heterocycles. The monoisotopic (exact) mass is 329 g/mol. The third kappa shape index (κ3) is 4.68. The van der Waals surface area contributed by atoms with E-state index >= 15 is 0 Å². The van der Waals surface area contributed by atoms with E-state index < -0.39 is 0 Å². The molecule has 2 rings (SSSR count). The summed E-state index contributed by atoms with van der Waals surface area (Å²) in [6.45, 7) is 5.28. The number of carbonyl (C=O) groups excluding carboxylic acids is 1. The lowest BCUT2D eigenvalue weighted by Crippen LogP contribution is -2.33. The lowest BCUT2D eigenvalue weighted by molar-refractivity contribution is 0.0765. The first kappa shape index (κ1) is 17.7. The third-order valence-corrected chi connectivity index (χ3v) is 3.55. The van der Waals surface area contributed by atoms with Gasteiger partial charge in [-0.05, 0) is 37.1 Å². The maximum atomic E-state index is 12.4. The Hall–Kier alpha value is -2.63. The van der Waals surface area contributed by atoms with Crippen molar-refractivity contribution in [2.45, 2.75) is 26.8 Å². The third-order valence-electron chi connectivity index (χ3n) is 3.55. The summed E-state index contributed by atoms with van der Waals surface area (Å²) in [5, 5.41) is 4.13. The van der Waals surface area contributed by atoms with Gasteiger partial charge in [0.15, 0.2) is 0 Å². The average molecular weight is 329 g/mol. The van der Waals surface area contributed by atoms with Crippen LogP contribution in [0, 0.1) is 6.92 Å². The van der Waals surface area contributed by atoms with Crippen LogP contribution in [0.3, 0.4) is 0 Å². The molecule has 0 bridgehead atoms. The van der Waals surface area contributed by atoms with Gasteiger partial charge >= 0.3 is 0 Å². The summed E-state index contributed by atoms with van der Waals surface area (Å²) in [5.41, 5.74) is 1.19. The van der Waals surface area contributed by atoms with Crippen LogP contribution in [0.2, 0.25) is 0 Å². The summed E-state index contributed by atoms with van der Waals surface area (Å²) in [6.07, 6.45) is 0.782. The van der Waals surface area contributed by atoms with E-state index in [2.05, 4.69) is 5.10 Å². The molecule has 6 nitrogen and oxygen atoms in total. The van der Waals surface area contributed by atoms with Gasteiger partial charge in [0.2, 0.25) is 0 Å². The number of ether oxygens (including phenoxy) is 1. The number of carbonyl (C=O) groups is 1. The fourth-order valence-electron chi connectivity index (χ4n) is 2.24. The van der Waals surface area contributed by atoms with Gasteiger partial charge in [0.25, 0.3) is 11.5 Å². The number of amides is 1. The Morgan fingerprint density at radius 3 is 2.79 bits per heavy atom. The second-order valence-corrected chi connectivity index (χ2v) is 5.67. The van der Waals surface area contributed by atoms with Crippen LogP contribution in [0.25, 0.3) is 0 Å². The van der Waals surface area contributed by atoms with E-state index in [0.29, 0.717) is 19.7 Å². The van der Waals surface area contributed by atoms with Gasteiger partial charge in [-0.15, -0.1) is 0 Å². The standard InChI is InChI=1S/C18H23N3O3/c1-4-10-21-17(22)9-8-16(19-21)18(23)20(3)11-12-24-15-7-5-6-14(2)13-15/h5-9,13H,4,10-12H2,1-3H3. The molecule has 0 saturated carbocycles. The molecular formula is C18H23N3O3. The quantitative estimate of drug-likeness (QED) is 0.780. The Bertz CT molecular complexity index is 755. The molecule has 0 N–H and O–H groups in total. The molecule has 0 aliphatic rings. The molecule has 2 aromatic rings. The molecule has 1 aromatic carbocycles. The summed E-state index contributed by atoms with van der Waals surface area (Å²) in [5.74, 6) is 0.554. The highest BCUT2D eigenvalue weighted by atomic mass is 16.5. The predicted octanol–water partition coefficient (Wildman–Crippen LogP) is 2.11. The SMILES string of the molecule is CCCn1nc(C(=O)N(C)CCOc2cccc(C)c2)ccc1=O. The van der Waals surface area contributed by atoms with E-state index in [-0.39, 0.29) is 17.2 Å². The van der Waals surface area contributed by atoms with Gasteiger partial charge in [0.1, 0.15) is 18.1 Å². The minimum absolute atomic E-state index is 0.196. The van der Waals surface area contributed by atoms with Crippen molar-refractivity contribution < 1.29 is 9.53 Å². The summed E-state index contributed by atoms with van der Waals surface area (Å²) in [7, 11) is 1.69. The molecule has 0 spiro atoms. The molecule has 1 amide bonds. The molecule has 0 radical (unpaired) electrons. The van der Waals surface area contributed by atoms with Gasteiger partial charge in [-0.25, -0.2) is 4.68 Å². The number of aryl methyl sites for hydroxylation is 2. The summed E-state index contributed by atoms with van der Waals surface area (Å²) < 4.78 is 6.98. The number of nitrogens with zero attached hydrogens (tertiary/aromatic N) is 3. The molecule has 0 aliphatic carbocycles. The molecular weight excluding hydrogens is 306 g/mol. The van der Waals surface area contributed by atoms with Crippen molar-refractivity contribution >= 4 is 5.91 Å². The zero-order valence-corrected chi connectivity index (χ0v) is 14.4. The first-order valence-corrected chi connectivity index (χ1v) is 8.04. The second-order valence-electron chi connectivity index (χ2n) is 5.67. The minimum Gasteiger partial charge on any atom is -0.492 e. The highest BCUT2D eigenvalue weighted by Crippen LogP contribution is 2.12. The smallest absolute Gasteiger partial charge is 0.274 e. The Labute approximate surface area is 141 Å². The normalized spacial score (nSPS) is 10.5.